The minimum absolute atomic E-state index is 0.125. The number of sulfonamides is 1. The molecule has 0 aromatic heterocycles. The van der Waals surface area contributed by atoms with Crippen molar-refractivity contribution >= 4 is 15.7 Å². The smallest absolute Gasteiger partial charge is 0.245 e. The van der Waals surface area contributed by atoms with Gasteiger partial charge in [0.25, 0.3) is 0 Å². The van der Waals surface area contributed by atoms with Crippen LogP contribution in [0.15, 0.2) is 29.2 Å². The van der Waals surface area contributed by atoms with E-state index >= 15 is 0 Å². The predicted molar refractivity (Wildman–Crippen MR) is 68.1 cm³/mol. The molecule has 5 heteroatoms. The molecule has 1 aromatic carbocycles. The molecule has 0 atom stereocenters. The summed E-state index contributed by atoms with van der Waals surface area (Å²) in [6.07, 6.45) is 4.11. The molecule has 4 nitrogen and oxygen atoms in total. The quantitative estimate of drug-likeness (QED) is 0.837. The molecule has 0 unspecified atom stereocenters. The van der Waals surface area contributed by atoms with E-state index in [1.807, 2.05) is 0 Å². The Kier molecular flexibility index (Phi) is 3.40. The zero-order valence-corrected chi connectivity index (χ0v) is 10.8. The third-order valence-electron chi connectivity index (χ3n) is 3.41. The summed E-state index contributed by atoms with van der Waals surface area (Å²) in [5.74, 6) is 0. The number of anilines is 1. The number of nitrogens with zero attached hydrogens (tertiary/aromatic N) is 1. The van der Waals surface area contributed by atoms with Crippen molar-refractivity contribution < 1.29 is 8.42 Å². The van der Waals surface area contributed by atoms with E-state index in [4.69, 9.17) is 5.73 Å². The third kappa shape index (κ3) is 2.30. The van der Waals surface area contributed by atoms with Gasteiger partial charge in [-0.2, -0.15) is 4.31 Å². The van der Waals surface area contributed by atoms with Crippen LogP contribution in [0, 0.1) is 0 Å². The summed E-state index contributed by atoms with van der Waals surface area (Å²) >= 11 is 0. The summed E-state index contributed by atoms with van der Waals surface area (Å²) in [4.78, 5) is 0.217. The summed E-state index contributed by atoms with van der Waals surface area (Å²) < 4.78 is 26.2. The van der Waals surface area contributed by atoms with Gasteiger partial charge in [-0.1, -0.05) is 25.0 Å². The molecule has 1 aromatic rings. The van der Waals surface area contributed by atoms with Gasteiger partial charge in [-0.25, -0.2) is 8.42 Å². The lowest BCUT2D eigenvalue weighted by Gasteiger charge is -2.24. The van der Waals surface area contributed by atoms with Crippen LogP contribution in [0.1, 0.15) is 25.7 Å². The van der Waals surface area contributed by atoms with Crippen molar-refractivity contribution in [3.8, 4) is 0 Å². The fourth-order valence-corrected chi connectivity index (χ4v) is 3.86. The van der Waals surface area contributed by atoms with Crippen LogP contribution >= 0.6 is 0 Å². The topological polar surface area (TPSA) is 63.4 Å². The fourth-order valence-electron chi connectivity index (χ4n) is 2.33. The van der Waals surface area contributed by atoms with Gasteiger partial charge in [0.2, 0.25) is 10.0 Å². The van der Waals surface area contributed by atoms with E-state index in [2.05, 4.69) is 0 Å². The summed E-state index contributed by atoms with van der Waals surface area (Å²) in [7, 11) is -1.79. The minimum atomic E-state index is -3.44. The summed E-state index contributed by atoms with van der Waals surface area (Å²) in [6.45, 7) is 0. The number of para-hydroxylation sites is 1. The Labute approximate surface area is 102 Å². The van der Waals surface area contributed by atoms with Crippen molar-refractivity contribution in [1.82, 2.24) is 4.31 Å². The normalized spacial score (nSPS) is 17.8. The average molecular weight is 254 g/mol. The third-order valence-corrected chi connectivity index (χ3v) is 5.40. The largest absolute Gasteiger partial charge is 0.398 e. The average Bonchev–Trinajstić information content (AvgIpc) is 2.81. The van der Waals surface area contributed by atoms with Crippen molar-refractivity contribution in [2.45, 2.75) is 36.6 Å². The summed E-state index contributed by atoms with van der Waals surface area (Å²) in [5.41, 5.74) is 6.05. The van der Waals surface area contributed by atoms with Gasteiger partial charge in [0.15, 0.2) is 0 Å². The second-order valence-electron chi connectivity index (χ2n) is 4.50. The Balaban J connectivity index is 2.33. The molecule has 0 amide bonds. The molecule has 2 rings (SSSR count). The first-order valence-corrected chi connectivity index (χ1v) is 7.30. The lowest BCUT2D eigenvalue weighted by molar-refractivity contribution is 0.373. The van der Waals surface area contributed by atoms with Crippen LogP contribution in [0.25, 0.3) is 0 Å². The van der Waals surface area contributed by atoms with Gasteiger partial charge >= 0.3 is 0 Å². The van der Waals surface area contributed by atoms with Gasteiger partial charge in [-0.05, 0) is 25.0 Å². The number of nitrogen functional groups attached to an aromatic ring is 1. The number of hydrogen-bond acceptors (Lipinski definition) is 3. The highest BCUT2D eigenvalue weighted by atomic mass is 32.2. The number of benzene rings is 1. The van der Waals surface area contributed by atoms with Gasteiger partial charge in [-0.3, -0.25) is 0 Å². The zero-order valence-electron chi connectivity index (χ0n) is 9.96. The molecule has 1 aliphatic rings. The molecule has 2 N–H and O–H groups in total. The minimum Gasteiger partial charge on any atom is -0.398 e. The summed E-state index contributed by atoms with van der Waals surface area (Å²) in [6, 6.07) is 6.75. The van der Waals surface area contributed by atoms with Crippen molar-refractivity contribution in [2.24, 2.45) is 0 Å². The van der Waals surface area contributed by atoms with Crippen LogP contribution in [0.5, 0.6) is 0 Å². The van der Waals surface area contributed by atoms with Crippen LogP contribution in [0.3, 0.4) is 0 Å². The molecule has 0 bridgehead atoms. The Morgan fingerprint density at radius 3 is 2.41 bits per heavy atom. The van der Waals surface area contributed by atoms with E-state index in [1.165, 1.54) is 4.31 Å². The standard InChI is InChI=1S/C12H18N2O2S/c1-14(10-6-2-3-7-10)17(15,16)12-9-5-4-8-11(12)13/h4-5,8-10H,2-3,6-7,13H2,1H3. The maximum absolute atomic E-state index is 12.4. The molecular formula is C12H18N2O2S. The van der Waals surface area contributed by atoms with Crippen molar-refractivity contribution in [3.05, 3.63) is 24.3 Å². The lowest BCUT2D eigenvalue weighted by atomic mass is 10.3. The van der Waals surface area contributed by atoms with Crippen LogP contribution in [0.4, 0.5) is 5.69 Å². The van der Waals surface area contributed by atoms with E-state index in [0.717, 1.165) is 25.7 Å². The second kappa shape index (κ2) is 4.66. The highest BCUT2D eigenvalue weighted by molar-refractivity contribution is 7.89. The fraction of sp³-hybridized carbons (Fsp3) is 0.500. The van der Waals surface area contributed by atoms with E-state index < -0.39 is 10.0 Å². The van der Waals surface area contributed by atoms with Gasteiger partial charge in [0.05, 0.1) is 5.69 Å². The second-order valence-corrected chi connectivity index (χ2v) is 6.46. The highest BCUT2D eigenvalue weighted by Gasteiger charge is 2.30. The van der Waals surface area contributed by atoms with Crippen molar-refractivity contribution in [3.63, 3.8) is 0 Å². The molecule has 0 heterocycles. The SMILES string of the molecule is CN(C1CCCC1)S(=O)(=O)c1ccccc1N. The Morgan fingerprint density at radius 2 is 1.82 bits per heavy atom. The molecule has 0 spiro atoms. The first-order valence-electron chi connectivity index (χ1n) is 5.86. The maximum atomic E-state index is 12.4. The van der Waals surface area contributed by atoms with Crippen molar-refractivity contribution in [1.29, 1.82) is 0 Å². The maximum Gasteiger partial charge on any atom is 0.245 e. The first-order chi connectivity index (χ1) is 8.03. The number of rotatable bonds is 3. The molecule has 0 radical (unpaired) electrons. The van der Waals surface area contributed by atoms with E-state index in [0.29, 0.717) is 5.69 Å². The summed E-state index contributed by atoms with van der Waals surface area (Å²) in [5, 5.41) is 0. The van der Waals surface area contributed by atoms with E-state index in [1.54, 1.807) is 31.3 Å². The lowest BCUT2D eigenvalue weighted by Crippen LogP contribution is -2.35. The Morgan fingerprint density at radius 1 is 1.24 bits per heavy atom. The molecule has 0 aliphatic heterocycles. The van der Waals surface area contributed by atoms with Gasteiger partial charge in [0, 0.05) is 13.1 Å². The highest BCUT2D eigenvalue weighted by Crippen LogP contribution is 2.29. The predicted octanol–water partition coefficient (Wildman–Crippen LogP) is 1.83. The monoisotopic (exact) mass is 254 g/mol. The zero-order chi connectivity index (χ0) is 12.5. The van der Waals surface area contributed by atoms with E-state index in [-0.39, 0.29) is 10.9 Å². The molecule has 1 saturated carbocycles. The van der Waals surface area contributed by atoms with Gasteiger partial charge < -0.3 is 5.73 Å². The Hall–Kier alpha value is -1.07. The molecule has 94 valence electrons. The molecular weight excluding hydrogens is 236 g/mol. The van der Waals surface area contributed by atoms with Crippen molar-refractivity contribution in [2.75, 3.05) is 12.8 Å². The Bertz CT molecular complexity index is 493. The molecule has 1 fully saturated rings. The van der Waals surface area contributed by atoms with Crippen LogP contribution in [-0.4, -0.2) is 25.8 Å². The van der Waals surface area contributed by atoms with Crippen LogP contribution < -0.4 is 5.73 Å². The van der Waals surface area contributed by atoms with E-state index in [9.17, 15) is 8.42 Å². The molecule has 0 saturated heterocycles. The number of hydrogen-bond donors (Lipinski definition) is 1. The first kappa shape index (κ1) is 12.4. The van der Waals surface area contributed by atoms with Crippen LogP contribution in [-0.2, 0) is 10.0 Å². The van der Waals surface area contributed by atoms with Crippen LogP contribution in [0.2, 0.25) is 0 Å². The van der Waals surface area contributed by atoms with Gasteiger partial charge in [-0.15, -0.1) is 0 Å². The molecule has 17 heavy (non-hydrogen) atoms. The van der Waals surface area contributed by atoms with Gasteiger partial charge in [0.1, 0.15) is 4.90 Å². The number of nitrogens with two attached hydrogens (primary N) is 1. The molecule has 1 aliphatic carbocycles.